The number of ether oxygens (including phenoxy) is 2. The summed E-state index contributed by atoms with van der Waals surface area (Å²) in [5.74, 6) is -0.430. The Morgan fingerprint density at radius 2 is 1.71 bits per heavy atom. The van der Waals surface area contributed by atoms with E-state index in [1.165, 1.54) is 0 Å². The van der Waals surface area contributed by atoms with Crippen LogP contribution in [0, 0.1) is 0 Å². The van der Waals surface area contributed by atoms with E-state index < -0.39 is 15.9 Å². The molecule has 0 aromatic carbocycles. The number of aldehydes is 1. The van der Waals surface area contributed by atoms with Crippen molar-refractivity contribution in [2.45, 2.75) is 0 Å². The standard InChI is InChI=1S/C6H12O6S.Na.H/c7-1-2-11-3-4-12-5-6-13(8,9)10;;/h1H,2-6H2,(H,8,9,10);;. The maximum atomic E-state index is 10.2. The van der Waals surface area contributed by atoms with Crippen molar-refractivity contribution in [3.8, 4) is 0 Å². The number of carbonyl (C=O) groups is 1. The first-order chi connectivity index (χ1) is 6.06. The van der Waals surface area contributed by atoms with E-state index in [2.05, 4.69) is 0 Å². The van der Waals surface area contributed by atoms with E-state index in [4.69, 9.17) is 14.0 Å². The Hall–Kier alpha value is 0.500. The Morgan fingerprint density at radius 1 is 1.14 bits per heavy atom. The molecule has 0 aliphatic heterocycles. The molecule has 0 bridgehead atoms. The summed E-state index contributed by atoms with van der Waals surface area (Å²) in [6, 6.07) is 0. The molecule has 0 atom stereocenters. The van der Waals surface area contributed by atoms with Gasteiger partial charge in [0, 0.05) is 0 Å². The fraction of sp³-hybridized carbons (Fsp3) is 0.833. The molecular weight excluding hydrogens is 223 g/mol. The summed E-state index contributed by atoms with van der Waals surface area (Å²) in [5, 5.41) is 0. The third-order valence-electron chi connectivity index (χ3n) is 1.04. The van der Waals surface area contributed by atoms with Crippen LogP contribution in [0.4, 0.5) is 0 Å². The van der Waals surface area contributed by atoms with Gasteiger partial charge in [-0.1, -0.05) is 0 Å². The molecule has 6 nitrogen and oxygen atoms in total. The van der Waals surface area contributed by atoms with Crippen molar-refractivity contribution < 1.29 is 27.2 Å². The summed E-state index contributed by atoms with van der Waals surface area (Å²) in [5.41, 5.74) is 0. The van der Waals surface area contributed by atoms with Gasteiger partial charge in [-0.05, 0) is 0 Å². The van der Waals surface area contributed by atoms with Gasteiger partial charge < -0.3 is 14.3 Å². The van der Waals surface area contributed by atoms with Crippen molar-refractivity contribution in [2.75, 3.05) is 32.2 Å². The van der Waals surface area contributed by atoms with E-state index >= 15 is 0 Å². The summed E-state index contributed by atoms with van der Waals surface area (Å²) in [6.45, 7) is 0.346. The van der Waals surface area contributed by atoms with E-state index in [0.717, 1.165) is 0 Å². The molecule has 0 spiro atoms. The van der Waals surface area contributed by atoms with E-state index in [1.807, 2.05) is 0 Å². The minimum absolute atomic E-state index is 0. The third kappa shape index (κ3) is 15.0. The fourth-order valence-electron chi connectivity index (χ4n) is 0.516. The van der Waals surface area contributed by atoms with Gasteiger partial charge in [0.05, 0.1) is 25.6 Å². The Bertz CT molecular complexity index is 226. The predicted octanol–water partition coefficient (Wildman–Crippen LogP) is -1.54. The zero-order valence-corrected chi connectivity index (χ0v) is 7.83. The van der Waals surface area contributed by atoms with E-state index in [9.17, 15) is 13.2 Å². The van der Waals surface area contributed by atoms with Crippen LogP contribution in [-0.2, 0) is 24.4 Å². The van der Waals surface area contributed by atoms with Gasteiger partial charge >= 0.3 is 29.6 Å². The van der Waals surface area contributed by atoms with E-state index in [-0.39, 0.29) is 56.0 Å². The van der Waals surface area contributed by atoms with Crippen LogP contribution in [0.5, 0.6) is 0 Å². The van der Waals surface area contributed by atoms with Crippen molar-refractivity contribution in [3.63, 3.8) is 0 Å². The molecule has 0 aromatic rings. The second-order valence-electron chi connectivity index (χ2n) is 2.14. The summed E-state index contributed by atoms with van der Waals surface area (Å²) >= 11 is 0. The molecule has 0 saturated heterocycles. The van der Waals surface area contributed by atoms with Gasteiger partial charge in [0.25, 0.3) is 10.1 Å². The minimum atomic E-state index is -3.94. The third-order valence-corrected chi connectivity index (χ3v) is 1.73. The first kappa shape index (κ1) is 16.9. The van der Waals surface area contributed by atoms with Crippen LogP contribution in [0.25, 0.3) is 0 Å². The van der Waals surface area contributed by atoms with Gasteiger partial charge in [0.1, 0.15) is 12.9 Å². The number of hydrogen-bond acceptors (Lipinski definition) is 5. The molecular formula is C6H13NaO6S. The Kier molecular flexibility index (Phi) is 12.1. The molecule has 0 rings (SSSR count). The number of carbonyl (C=O) groups excluding carboxylic acids is 1. The summed E-state index contributed by atoms with van der Waals surface area (Å²) in [4.78, 5) is 9.75. The van der Waals surface area contributed by atoms with Crippen molar-refractivity contribution >= 4 is 46.0 Å². The first-order valence-corrected chi connectivity index (χ1v) is 5.21. The molecule has 0 aromatic heterocycles. The quantitative estimate of drug-likeness (QED) is 0.238. The molecule has 0 aliphatic rings. The monoisotopic (exact) mass is 236 g/mol. The molecule has 1 N–H and O–H groups in total. The average Bonchev–Trinajstić information content (AvgIpc) is 2.01. The van der Waals surface area contributed by atoms with Crippen molar-refractivity contribution in [1.29, 1.82) is 0 Å². The van der Waals surface area contributed by atoms with Crippen LogP contribution in [0.1, 0.15) is 0 Å². The molecule has 0 unspecified atom stereocenters. The van der Waals surface area contributed by atoms with Gasteiger partial charge in [-0.25, -0.2) is 0 Å². The normalized spacial score (nSPS) is 10.6. The second kappa shape index (κ2) is 10.0. The molecule has 0 radical (unpaired) electrons. The SMILES string of the molecule is O=CCOCCOCCS(=O)(=O)O.[NaH]. The fourth-order valence-corrected chi connectivity index (χ4v) is 0.844. The molecule has 8 heteroatoms. The topological polar surface area (TPSA) is 89.9 Å². The van der Waals surface area contributed by atoms with Crippen LogP contribution in [0.2, 0.25) is 0 Å². The van der Waals surface area contributed by atoms with Crippen LogP contribution < -0.4 is 0 Å². The van der Waals surface area contributed by atoms with Crippen molar-refractivity contribution in [3.05, 3.63) is 0 Å². The van der Waals surface area contributed by atoms with Crippen LogP contribution in [-0.4, -0.2) is 81.0 Å². The average molecular weight is 236 g/mol. The van der Waals surface area contributed by atoms with E-state index in [0.29, 0.717) is 6.29 Å². The van der Waals surface area contributed by atoms with Gasteiger partial charge in [-0.2, -0.15) is 8.42 Å². The molecule has 0 aliphatic carbocycles. The van der Waals surface area contributed by atoms with Gasteiger partial charge in [0.15, 0.2) is 0 Å². The summed E-state index contributed by atoms with van der Waals surface area (Å²) in [7, 11) is -3.94. The van der Waals surface area contributed by atoms with E-state index in [1.54, 1.807) is 0 Å². The van der Waals surface area contributed by atoms with Crippen molar-refractivity contribution in [1.82, 2.24) is 0 Å². The summed E-state index contributed by atoms with van der Waals surface area (Å²) < 4.78 is 38.1. The zero-order chi connectivity index (χ0) is 10.2. The maximum absolute atomic E-state index is 10.2. The van der Waals surface area contributed by atoms with Crippen molar-refractivity contribution in [2.24, 2.45) is 0 Å². The molecule has 0 heterocycles. The second-order valence-corrected chi connectivity index (χ2v) is 3.71. The first-order valence-electron chi connectivity index (χ1n) is 3.60. The number of rotatable bonds is 8. The van der Waals surface area contributed by atoms with Gasteiger partial charge in [-0.15, -0.1) is 0 Å². The molecule has 0 fully saturated rings. The predicted molar refractivity (Wildman–Crippen MR) is 51.3 cm³/mol. The van der Waals surface area contributed by atoms with Gasteiger partial charge in [-0.3, -0.25) is 4.55 Å². The Labute approximate surface area is 105 Å². The van der Waals surface area contributed by atoms with Crippen LogP contribution >= 0.6 is 0 Å². The zero-order valence-electron chi connectivity index (χ0n) is 7.01. The molecule has 0 amide bonds. The van der Waals surface area contributed by atoms with Crippen LogP contribution in [0.3, 0.4) is 0 Å². The Balaban J connectivity index is 0. The van der Waals surface area contributed by atoms with Crippen LogP contribution in [0.15, 0.2) is 0 Å². The van der Waals surface area contributed by atoms with Gasteiger partial charge in [0.2, 0.25) is 0 Å². The summed E-state index contributed by atoms with van der Waals surface area (Å²) in [6.07, 6.45) is 0.609. The molecule has 14 heavy (non-hydrogen) atoms. The Morgan fingerprint density at radius 3 is 2.21 bits per heavy atom. The number of hydrogen-bond donors (Lipinski definition) is 1. The molecule has 0 saturated carbocycles. The molecule has 80 valence electrons.